The number of hydrogen-bond acceptors (Lipinski definition) is 7. The Kier molecular flexibility index (Phi) is 8.72. The number of rotatable bonds is 6. The van der Waals surface area contributed by atoms with Crippen LogP contribution in [-0.2, 0) is 4.74 Å². The van der Waals surface area contributed by atoms with Gasteiger partial charge in [-0.1, -0.05) is 67.9 Å². The Morgan fingerprint density at radius 1 is 0.889 bits per heavy atom. The number of ether oxygens (including phenoxy) is 1. The summed E-state index contributed by atoms with van der Waals surface area (Å²) < 4.78 is 5.52. The van der Waals surface area contributed by atoms with Crippen LogP contribution in [0.2, 0.25) is 0 Å². The molecule has 184 valence electrons. The molecular formula is C29H32N6O. The van der Waals surface area contributed by atoms with E-state index in [0.29, 0.717) is 24.9 Å². The number of anilines is 2. The second-order valence-electron chi connectivity index (χ2n) is 8.11. The summed E-state index contributed by atoms with van der Waals surface area (Å²) >= 11 is 0. The first kappa shape index (κ1) is 25.0. The number of pyridine rings is 1. The Labute approximate surface area is 212 Å². The predicted molar refractivity (Wildman–Crippen MR) is 147 cm³/mol. The highest BCUT2D eigenvalue weighted by Crippen LogP contribution is 2.26. The van der Waals surface area contributed by atoms with Crippen molar-refractivity contribution < 1.29 is 4.74 Å². The molecule has 7 nitrogen and oxygen atoms in total. The van der Waals surface area contributed by atoms with E-state index < -0.39 is 0 Å². The highest BCUT2D eigenvalue weighted by Gasteiger charge is 2.16. The average molecular weight is 481 g/mol. The molecule has 1 aliphatic heterocycles. The summed E-state index contributed by atoms with van der Waals surface area (Å²) in [7, 11) is 0. The number of hydrogen-bond donors (Lipinski definition) is 1. The average Bonchev–Trinajstić information content (AvgIpc) is 2.95. The van der Waals surface area contributed by atoms with Gasteiger partial charge >= 0.3 is 0 Å². The van der Waals surface area contributed by atoms with Gasteiger partial charge in [0, 0.05) is 36.5 Å². The van der Waals surface area contributed by atoms with E-state index in [0.717, 1.165) is 41.3 Å². The zero-order valence-corrected chi connectivity index (χ0v) is 21.1. The molecule has 5 rings (SSSR count). The SMILES string of the molecule is CC.Cc1cccc(/C=N/Nc2cc(N3CCOCC3)nc(-c3cccc(-c4ccccn4)c3)n2)c1. The topological polar surface area (TPSA) is 75.5 Å². The Bertz CT molecular complexity index is 1290. The van der Waals surface area contributed by atoms with Crippen molar-refractivity contribution in [3.8, 4) is 22.6 Å². The van der Waals surface area contributed by atoms with Crippen LogP contribution in [-0.4, -0.2) is 47.5 Å². The Morgan fingerprint density at radius 2 is 1.69 bits per heavy atom. The Hall–Kier alpha value is -4.10. The molecule has 0 spiro atoms. The van der Waals surface area contributed by atoms with Gasteiger partial charge in [-0.3, -0.25) is 10.4 Å². The summed E-state index contributed by atoms with van der Waals surface area (Å²) in [5.41, 5.74) is 8.16. The van der Waals surface area contributed by atoms with Crippen molar-refractivity contribution in [2.75, 3.05) is 36.6 Å². The summed E-state index contributed by atoms with van der Waals surface area (Å²) in [5, 5.41) is 4.42. The van der Waals surface area contributed by atoms with Crippen LogP contribution < -0.4 is 10.3 Å². The molecule has 3 heterocycles. The van der Waals surface area contributed by atoms with Crippen molar-refractivity contribution in [1.29, 1.82) is 0 Å². The Morgan fingerprint density at radius 3 is 2.47 bits per heavy atom. The molecule has 36 heavy (non-hydrogen) atoms. The minimum atomic E-state index is 0.634. The van der Waals surface area contributed by atoms with Crippen LogP contribution in [0.5, 0.6) is 0 Å². The van der Waals surface area contributed by atoms with Crippen molar-refractivity contribution in [3.05, 3.63) is 90.1 Å². The van der Waals surface area contributed by atoms with Gasteiger partial charge in [0.15, 0.2) is 11.6 Å². The number of aromatic nitrogens is 3. The van der Waals surface area contributed by atoms with Gasteiger partial charge < -0.3 is 9.64 Å². The molecule has 1 fully saturated rings. The van der Waals surface area contributed by atoms with Crippen molar-refractivity contribution in [1.82, 2.24) is 15.0 Å². The largest absolute Gasteiger partial charge is 0.378 e. The maximum Gasteiger partial charge on any atom is 0.163 e. The molecular weight excluding hydrogens is 448 g/mol. The fourth-order valence-electron chi connectivity index (χ4n) is 3.85. The van der Waals surface area contributed by atoms with Crippen molar-refractivity contribution in [2.24, 2.45) is 5.10 Å². The van der Waals surface area contributed by atoms with Gasteiger partial charge in [0.25, 0.3) is 0 Å². The van der Waals surface area contributed by atoms with Crippen LogP contribution in [0.25, 0.3) is 22.6 Å². The van der Waals surface area contributed by atoms with Crippen molar-refractivity contribution in [3.63, 3.8) is 0 Å². The number of nitrogens with one attached hydrogen (secondary N) is 1. The van der Waals surface area contributed by atoms with Crippen LogP contribution in [0.4, 0.5) is 11.6 Å². The third kappa shape index (κ3) is 6.52. The summed E-state index contributed by atoms with van der Waals surface area (Å²) in [6.45, 7) is 9.01. The molecule has 0 aliphatic carbocycles. The van der Waals surface area contributed by atoms with Crippen molar-refractivity contribution in [2.45, 2.75) is 20.8 Å². The van der Waals surface area contributed by atoms with E-state index in [9.17, 15) is 0 Å². The van der Waals surface area contributed by atoms with Gasteiger partial charge in [-0.15, -0.1) is 0 Å². The molecule has 0 radical (unpaired) electrons. The number of benzene rings is 2. The summed E-state index contributed by atoms with van der Waals surface area (Å²) in [6, 6.07) is 24.2. The molecule has 0 saturated carbocycles. The van der Waals surface area contributed by atoms with Crippen LogP contribution >= 0.6 is 0 Å². The molecule has 0 unspecified atom stereocenters. The molecule has 7 heteroatoms. The Balaban J connectivity index is 0.00000148. The highest BCUT2D eigenvalue weighted by atomic mass is 16.5. The van der Waals surface area contributed by atoms with E-state index in [1.807, 2.05) is 68.4 Å². The van der Waals surface area contributed by atoms with E-state index in [4.69, 9.17) is 14.7 Å². The zero-order valence-electron chi connectivity index (χ0n) is 21.1. The van der Waals surface area contributed by atoms with Gasteiger partial charge in [0.2, 0.25) is 0 Å². The fourth-order valence-corrected chi connectivity index (χ4v) is 3.85. The second kappa shape index (κ2) is 12.6. The maximum absolute atomic E-state index is 5.52. The minimum Gasteiger partial charge on any atom is -0.378 e. The lowest BCUT2D eigenvalue weighted by Crippen LogP contribution is -2.36. The molecule has 0 amide bonds. The van der Waals surface area contributed by atoms with E-state index in [2.05, 4.69) is 45.5 Å². The monoisotopic (exact) mass is 480 g/mol. The minimum absolute atomic E-state index is 0.634. The van der Waals surface area contributed by atoms with E-state index in [-0.39, 0.29) is 0 Å². The van der Waals surface area contributed by atoms with Gasteiger partial charge in [-0.05, 0) is 30.7 Å². The number of hydrazone groups is 1. The third-order valence-corrected chi connectivity index (χ3v) is 5.56. The number of morpholine rings is 1. The van der Waals surface area contributed by atoms with Crippen LogP contribution in [0.1, 0.15) is 25.0 Å². The first-order valence-corrected chi connectivity index (χ1v) is 12.3. The van der Waals surface area contributed by atoms with E-state index >= 15 is 0 Å². The van der Waals surface area contributed by atoms with Crippen LogP contribution in [0.15, 0.2) is 84.1 Å². The number of nitrogens with zero attached hydrogens (tertiary/aromatic N) is 5. The smallest absolute Gasteiger partial charge is 0.163 e. The molecule has 1 N–H and O–H groups in total. The molecule has 4 aromatic rings. The lowest BCUT2D eigenvalue weighted by atomic mass is 10.1. The van der Waals surface area contributed by atoms with Gasteiger partial charge in [-0.2, -0.15) is 5.10 Å². The third-order valence-electron chi connectivity index (χ3n) is 5.56. The van der Waals surface area contributed by atoms with E-state index in [1.165, 1.54) is 5.56 Å². The molecule has 1 saturated heterocycles. The normalized spacial score (nSPS) is 13.2. The van der Waals surface area contributed by atoms with Crippen LogP contribution in [0, 0.1) is 6.92 Å². The standard InChI is InChI=1S/C27H26N6O.C2H6/c1-20-6-4-7-21(16-20)19-29-32-25-18-26(33-12-14-34-15-13-33)31-27(30-25)23-9-5-8-22(17-23)24-10-2-3-11-28-24;1-2/h2-11,16-19H,12-15H2,1H3,(H,30,31,32);1-2H3/b29-19+;. The first-order valence-electron chi connectivity index (χ1n) is 12.3. The number of aryl methyl sites for hydroxylation is 1. The van der Waals surface area contributed by atoms with E-state index in [1.54, 1.807) is 12.4 Å². The molecule has 2 aromatic heterocycles. The van der Waals surface area contributed by atoms with Gasteiger partial charge in [-0.25, -0.2) is 9.97 Å². The molecule has 2 aromatic carbocycles. The predicted octanol–water partition coefficient (Wildman–Crippen LogP) is 5.82. The van der Waals surface area contributed by atoms with Crippen molar-refractivity contribution >= 4 is 17.9 Å². The van der Waals surface area contributed by atoms with Crippen LogP contribution in [0.3, 0.4) is 0 Å². The maximum atomic E-state index is 5.52. The van der Waals surface area contributed by atoms with Gasteiger partial charge in [0.1, 0.15) is 5.82 Å². The lowest BCUT2D eigenvalue weighted by Gasteiger charge is -2.28. The quantitative estimate of drug-likeness (QED) is 0.277. The molecule has 1 aliphatic rings. The molecule has 0 atom stereocenters. The van der Waals surface area contributed by atoms with Gasteiger partial charge in [0.05, 0.1) is 25.1 Å². The zero-order chi connectivity index (χ0) is 25.2. The summed E-state index contributed by atoms with van der Waals surface area (Å²) in [4.78, 5) is 16.3. The first-order chi connectivity index (χ1) is 17.7. The second-order valence-corrected chi connectivity index (χ2v) is 8.11. The lowest BCUT2D eigenvalue weighted by molar-refractivity contribution is 0.122. The summed E-state index contributed by atoms with van der Waals surface area (Å²) in [5.74, 6) is 2.12. The molecule has 0 bridgehead atoms. The fraction of sp³-hybridized carbons (Fsp3) is 0.241. The highest BCUT2D eigenvalue weighted by molar-refractivity contribution is 5.80. The summed E-state index contributed by atoms with van der Waals surface area (Å²) in [6.07, 6.45) is 3.59.